The number of rotatable bonds is 10. The highest BCUT2D eigenvalue weighted by atomic mass is 35.5. The van der Waals surface area contributed by atoms with Crippen molar-refractivity contribution >= 4 is 25.6 Å². The maximum Gasteiger partial charge on any atom is 0.434 e. The predicted molar refractivity (Wildman–Crippen MR) is 144 cm³/mol. The van der Waals surface area contributed by atoms with Gasteiger partial charge in [0.05, 0.1) is 12.1 Å². The fraction of sp³-hybridized carbons (Fsp3) is 0.444. The van der Waals surface area contributed by atoms with Crippen LogP contribution in [0.5, 0.6) is 5.88 Å². The summed E-state index contributed by atoms with van der Waals surface area (Å²) in [5, 5.41) is 0.234. The number of carbonyl (C=O) groups excluding carboxylic acids is 1. The molecule has 0 amide bonds. The van der Waals surface area contributed by atoms with Crippen molar-refractivity contribution < 1.29 is 32.2 Å². The topological polar surface area (TPSA) is 75.5 Å². The number of aryl methyl sites for hydroxylation is 1. The monoisotopic (exact) mass is 581 g/mol. The maximum absolute atomic E-state index is 13.5. The van der Waals surface area contributed by atoms with Gasteiger partial charge in [-0.2, -0.15) is 13.2 Å². The van der Waals surface area contributed by atoms with E-state index in [9.17, 15) is 18.0 Å². The molecule has 0 radical (unpaired) electrons. The van der Waals surface area contributed by atoms with E-state index >= 15 is 0 Å². The lowest BCUT2D eigenvalue weighted by atomic mass is 10.0. The lowest BCUT2D eigenvalue weighted by molar-refractivity contribution is -0.151. The van der Waals surface area contributed by atoms with E-state index in [1.807, 2.05) is 6.92 Å². The first-order valence-electron chi connectivity index (χ1n) is 12.5. The van der Waals surface area contributed by atoms with Crippen LogP contribution in [0.4, 0.5) is 13.2 Å². The molecule has 0 saturated heterocycles. The summed E-state index contributed by atoms with van der Waals surface area (Å²) in [6.07, 6.45) is -0.923. The van der Waals surface area contributed by atoms with Gasteiger partial charge >= 0.3 is 12.1 Å². The van der Waals surface area contributed by atoms with Crippen molar-refractivity contribution in [1.29, 1.82) is 0 Å². The van der Waals surface area contributed by atoms with Crippen molar-refractivity contribution in [1.82, 2.24) is 14.5 Å². The molecule has 1 saturated carbocycles. The van der Waals surface area contributed by atoms with Gasteiger partial charge in [0.2, 0.25) is 11.5 Å². The zero-order valence-corrected chi connectivity index (χ0v) is 24.2. The molecule has 210 valence electrons. The summed E-state index contributed by atoms with van der Waals surface area (Å²) in [5.41, 5.74) is 0.659. The largest absolute Gasteiger partial charge is 0.466 e. The number of pyridine rings is 1. The second-order valence-electron chi connectivity index (χ2n) is 10.9. The van der Waals surface area contributed by atoms with Crippen molar-refractivity contribution in [2.24, 2.45) is 0 Å². The predicted octanol–water partition coefficient (Wildman–Crippen LogP) is 6.99. The third-order valence-corrected chi connectivity index (χ3v) is 8.48. The van der Waals surface area contributed by atoms with Gasteiger partial charge in [-0.3, -0.25) is 0 Å². The molecule has 2 heterocycles. The number of hydrogen-bond donors (Lipinski definition) is 0. The minimum atomic E-state index is -4.61. The molecule has 0 spiro atoms. The third-order valence-electron chi connectivity index (χ3n) is 6.46. The summed E-state index contributed by atoms with van der Waals surface area (Å²) in [4.78, 5) is 20.2. The van der Waals surface area contributed by atoms with Gasteiger partial charge in [-0.05, 0) is 36.2 Å². The standard InChI is InChI=1S/C27H31ClF3N3O4Si/c1-17-12-23(38-26(8-9-26)25(35)36-2)32-14-20(17)18-6-7-19(21(28)13-18)24-33-22(27(29,30)31)15-34(24)16-37-10-11-39(3,4)5/h6-7,12-15H,8-11,16H2,1-5H3. The summed E-state index contributed by atoms with van der Waals surface area (Å²) in [7, 11) is -0.0355. The van der Waals surface area contributed by atoms with Crippen LogP contribution in [-0.2, 0) is 27.2 Å². The highest BCUT2D eigenvalue weighted by Crippen LogP contribution is 2.42. The van der Waals surface area contributed by atoms with E-state index in [4.69, 9.17) is 25.8 Å². The number of nitrogens with zero attached hydrogens (tertiary/aromatic N) is 3. The summed E-state index contributed by atoms with van der Waals surface area (Å²) >= 11 is 6.59. The number of ether oxygens (including phenoxy) is 3. The van der Waals surface area contributed by atoms with Crippen molar-refractivity contribution in [3.05, 3.63) is 52.9 Å². The fourth-order valence-corrected chi connectivity index (χ4v) is 5.03. The Kier molecular flexibility index (Phi) is 8.16. The molecule has 0 atom stereocenters. The van der Waals surface area contributed by atoms with E-state index in [0.29, 0.717) is 30.9 Å². The Morgan fingerprint density at radius 2 is 1.90 bits per heavy atom. The fourth-order valence-electron chi connectivity index (χ4n) is 4.01. The van der Waals surface area contributed by atoms with Gasteiger partial charge in [0.25, 0.3) is 0 Å². The highest BCUT2D eigenvalue weighted by molar-refractivity contribution is 6.76. The first kappa shape index (κ1) is 29.1. The number of carbonyl (C=O) groups is 1. The molecule has 0 unspecified atom stereocenters. The molecule has 1 aliphatic rings. The van der Waals surface area contributed by atoms with Gasteiger partial charge in [0, 0.05) is 57.1 Å². The Balaban J connectivity index is 1.58. The van der Waals surface area contributed by atoms with Crippen LogP contribution in [-0.4, -0.2) is 47.9 Å². The first-order chi connectivity index (χ1) is 18.2. The van der Waals surface area contributed by atoms with E-state index in [0.717, 1.165) is 28.9 Å². The minimum absolute atomic E-state index is 0.0709. The SMILES string of the molecule is COC(=O)C1(Oc2cc(C)c(-c3ccc(-c4nc(C(F)(F)F)cn4COCC[Si](C)(C)C)c(Cl)c3)cn2)CC1. The molecule has 2 aromatic heterocycles. The molecular formula is C27H31ClF3N3O4Si. The second-order valence-corrected chi connectivity index (χ2v) is 16.9. The summed E-state index contributed by atoms with van der Waals surface area (Å²) < 4.78 is 58.1. The molecular weight excluding hydrogens is 551 g/mol. The maximum atomic E-state index is 13.5. The van der Waals surface area contributed by atoms with Crippen LogP contribution in [0.1, 0.15) is 24.1 Å². The molecule has 12 heteroatoms. The number of halogens is 4. The Labute approximate surface area is 231 Å². The van der Waals surface area contributed by atoms with Crippen LogP contribution in [0.15, 0.2) is 36.7 Å². The number of esters is 1. The van der Waals surface area contributed by atoms with E-state index in [1.165, 1.54) is 11.7 Å². The number of methoxy groups -OCH3 is 1. The normalized spacial score (nSPS) is 14.8. The van der Waals surface area contributed by atoms with E-state index in [1.54, 1.807) is 30.5 Å². The van der Waals surface area contributed by atoms with Gasteiger partial charge in [-0.1, -0.05) is 37.3 Å². The second kappa shape index (κ2) is 10.9. The molecule has 1 aliphatic carbocycles. The third kappa shape index (κ3) is 6.82. The van der Waals surface area contributed by atoms with Gasteiger partial charge in [0.1, 0.15) is 12.6 Å². The zero-order chi connectivity index (χ0) is 28.6. The Morgan fingerprint density at radius 3 is 2.46 bits per heavy atom. The van der Waals surface area contributed by atoms with Crippen LogP contribution in [0.25, 0.3) is 22.5 Å². The van der Waals surface area contributed by atoms with Crippen LogP contribution in [0, 0.1) is 6.92 Å². The lowest BCUT2D eigenvalue weighted by Gasteiger charge is -2.17. The molecule has 0 bridgehead atoms. The highest BCUT2D eigenvalue weighted by Gasteiger charge is 2.54. The molecule has 1 aromatic carbocycles. The quantitative estimate of drug-likeness (QED) is 0.146. The summed E-state index contributed by atoms with van der Waals surface area (Å²) in [5.74, 6) is -0.0531. The number of imidazole rings is 1. The number of benzene rings is 1. The van der Waals surface area contributed by atoms with Crippen LogP contribution in [0.2, 0.25) is 30.7 Å². The molecule has 4 rings (SSSR count). The van der Waals surface area contributed by atoms with Crippen LogP contribution in [0.3, 0.4) is 0 Å². The van der Waals surface area contributed by atoms with E-state index in [-0.39, 0.29) is 17.6 Å². The lowest BCUT2D eigenvalue weighted by Crippen LogP contribution is -2.31. The van der Waals surface area contributed by atoms with E-state index < -0.39 is 31.5 Å². The Bertz CT molecular complexity index is 1370. The van der Waals surface area contributed by atoms with Gasteiger partial charge < -0.3 is 18.8 Å². The Morgan fingerprint density at radius 1 is 1.18 bits per heavy atom. The van der Waals surface area contributed by atoms with Gasteiger partial charge in [-0.15, -0.1) is 0 Å². The molecule has 1 fully saturated rings. The Hall–Kier alpha value is -2.89. The van der Waals surface area contributed by atoms with E-state index in [2.05, 4.69) is 29.6 Å². The molecule has 7 nitrogen and oxygen atoms in total. The van der Waals surface area contributed by atoms with Gasteiger partial charge in [0.15, 0.2) is 5.69 Å². The van der Waals surface area contributed by atoms with Crippen molar-refractivity contribution in [3.63, 3.8) is 0 Å². The number of aromatic nitrogens is 3. The molecule has 0 N–H and O–H groups in total. The van der Waals surface area contributed by atoms with Crippen LogP contribution < -0.4 is 4.74 Å². The molecule has 39 heavy (non-hydrogen) atoms. The minimum Gasteiger partial charge on any atom is -0.466 e. The van der Waals surface area contributed by atoms with Crippen molar-refractivity contribution in [3.8, 4) is 28.4 Å². The molecule has 3 aromatic rings. The zero-order valence-electron chi connectivity index (χ0n) is 22.5. The first-order valence-corrected chi connectivity index (χ1v) is 16.6. The van der Waals surface area contributed by atoms with Gasteiger partial charge in [-0.25, -0.2) is 14.8 Å². The average molecular weight is 582 g/mol. The summed E-state index contributed by atoms with van der Waals surface area (Å²) in [6.45, 7) is 8.85. The van der Waals surface area contributed by atoms with Crippen molar-refractivity contribution in [2.45, 2.75) is 64.0 Å². The molecule has 0 aliphatic heterocycles. The number of hydrogen-bond acceptors (Lipinski definition) is 6. The number of alkyl halides is 3. The summed E-state index contributed by atoms with van der Waals surface area (Å²) in [6, 6.07) is 7.66. The van der Waals surface area contributed by atoms with Crippen molar-refractivity contribution in [2.75, 3.05) is 13.7 Å². The smallest absolute Gasteiger partial charge is 0.434 e. The average Bonchev–Trinajstić information content (AvgIpc) is 3.49. The van der Waals surface area contributed by atoms with Crippen LogP contribution >= 0.6 is 11.6 Å².